The highest BCUT2D eigenvalue weighted by Crippen LogP contribution is 2.15. The maximum absolute atomic E-state index is 11.2. The first-order chi connectivity index (χ1) is 8.66. The van der Waals surface area contributed by atoms with Gasteiger partial charge in [0.15, 0.2) is 5.78 Å². The molecule has 0 unspecified atom stereocenters. The molecule has 0 bridgehead atoms. The van der Waals surface area contributed by atoms with Crippen molar-refractivity contribution in [3.8, 4) is 0 Å². The molecule has 1 amide bonds. The topological polar surface area (TPSA) is 66.8 Å². The minimum Gasteiger partial charge on any atom is -0.465 e. The summed E-state index contributed by atoms with van der Waals surface area (Å²) in [5.74, 6) is -0.0503. The van der Waals surface area contributed by atoms with Crippen molar-refractivity contribution in [2.45, 2.75) is 19.1 Å². The second kappa shape index (κ2) is 5.64. The summed E-state index contributed by atoms with van der Waals surface area (Å²) in [6.45, 7) is 0.667. The van der Waals surface area contributed by atoms with E-state index in [1.165, 1.54) is 0 Å². The molecule has 2 rings (SSSR count). The van der Waals surface area contributed by atoms with E-state index >= 15 is 0 Å². The van der Waals surface area contributed by atoms with Gasteiger partial charge in [-0.3, -0.25) is 9.69 Å². The zero-order chi connectivity index (χ0) is 13.0. The van der Waals surface area contributed by atoms with Crippen molar-refractivity contribution in [2.24, 2.45) is 0 Å². The van der Waals surface area contributed by atoms with Crippen molar-refractivity contribution in [3.05, 3.63) is 35.9 Å². The lowest BCUT2D eigenvalue weighted by Gasteiger charge is -2.20. The first kappa shape index (κ1) is 12.6. The maximum Gasteiger partial charge on any atom is 0.408 e. The van der Waals surface area contributed by atoms with Gasteiger partial charge in [0, 0.05) is 6.42 Å². The van der Waals surface area contributed by atoms with Crippen molar-refractivity contribution in [1.82, 2.24) is 4.90 Å². The number of rotatable bonds is 4. The van der Waals surface area contributed by atoms with E-state index in [2.05, 4.69) is 0 Å². The van der Waals surface area contributed by atoms with Gasteiger partial charge in [-0.2, -0.15) is 0 Å². The largest absolute Gasteiger partial charge is 0.465 e. The first-order valence-electron chi connectivity index (χ1n) is 5.80. The molecule has 5 nitrogen and oxygen atoms in total. The van der Waals surface area contributed by atoms with Crippen LogP contribution in [-0.2, 0) is 16.1 Å². The summed E-state index contributed by atoms with van der Waals surface area (Å²) < 4.78 is 5.48. The monoisotopic (exact) mass is 249 g/mol. The van der Waals surface area contributed by atoms with E-state index in [4.69, 9.17) is 9.84 Å². The smallest absolute Gasteiger partial charge is 0.408 e. The van der Waals surface area contributed by atoms with E-state index < -0.39 is 6.09 Å². The third kappa shape index (κ3) is 3.07. The normalized spacial score (nSPS) is 19.2. The van der Waals surface area contributed by atoms with Gasteiger partial charge in [0.1, 0.15) is 0 Å². The molecule has 0 spiro atoms. The first-order valence-corrected chi connectivity index (χ1v) is 5.80. The Kier molecular flexibility index (Phi) is 3.94. The molecule has 1 heterocycles. The molecule has 1 fully saturated rings. The van der Waals surface area contributed by atoms with Crippen molar-refractivity contribution in [1.29, 1.82) is 0 Å². The van der Waals surface area contributed by atoms with Crippen molar-refractivity contribution >= 4 is 11.9 Å². The van der Waals surface area contributed by atoms with Crippen LogP contribution in [0.25, 0.3) is 0 Å². The van der Waals surface area contributed by atoms with Crippen molar-refractivity contribution in [2.75, 3.05) is 13.2 Å². The lowest BCUT2D eigenvalue weighted by molar-refractivity contribution is -0.116. The molecule has 0 aromatic heterocycles. The highest BCUT2D eigenvalue weighted by atomic mass is 16.5. The third-order valence-corrected chi connectivity index (χ3v) is 2.92. The molecule has 96 valence electrons. The van der Waals surface area contributed by atoms with Crippen LogP contribution in [0.4, 0.5) is 4.79 Å². The molecule has 5 heteroatoms. The Labute approximate surface area is 105 Å². The van der Waals surface area contributed by atoms with Gasteiger partial charge in [0.25, 0.3) is 0 Å². The highest BCUT2D eigenvalue weighted by Gasteiger charge is 2.33. The van der Waals surface area contributed by atoms with Gasteiger partial charge in [-0.15, -0.1) is 0 Å². The molecule has 0 radical (unpaired) electrons. The fourth-order valence-corrected chi connectivity index (χ4v) is 2.02. The van der Waals surface area contributed by atoms with Gasteiger partial charge in [-0.1, -0.05) is 30.3 Å². The Morgan fingerprint density at radius 3 is 2.78 bits per heavy atom. The lowest BCUT2D eigenvalue weighted by Crippen LogP contribution is -2.37. The van der Waals surface area contributed by atoms with E-state index in [1.807, 2.05) is 30.3 Å². The zero-order valence-electron chi connectivity index (χ0n) is 9.91. The molecular formula is C13H15NO4. The molecule has 1 aromatic rings. The number of hydrogen-bond acceptors (Lipinski definition) is 3. The number of Topliss-reactive ketones (excluding diaryl/α,β-unsaturated/α-hetero) is 1. The minimum atomic E-state index is -1.06. The molecule has 18 heavy (non-hydrogen) atoms. The van der Waals surface area contributed by atoms with Crippen LogP contribution in [0, 0.1) is 0 Å². The van der Waals surface area contributed by atoms with E-state index in [1.54, 1.807) is 0 Å². The Balaban J connectivity index is 1.83. The van der Waals surface area contributed by atoms with Crippen LogP contribution in [0.2, 0.25) is 0 Å². The summed E-state index contributed by atoms with van der Waals surface area (Å²) in [5.41, 5.74) is 1.03. The molecule has 0 aliphatic carbocycles. The fourth-order valence-electron chi connectivity index (χ4n) is 2.02. The number of nitrogens with zero attached hydrogens (tertiary/aromatic N) is 1. The number of hydrogen-bond donors (Lipinski definition) is 1. The van der Waals surface area contributed by atoms with Gasteiger partial charge in [-0.05, 0) is 5.56 Å². The number of carbonyl (C=O) groups excluding carboxylic acids is 1. The Bertz CT molecular complexity index is 432. The van der Waals surface area contributed by atoms with Crippen LogP contribution in [-0.4, -0.2) is 41.1 Å². The number of carbonyl (C=O) groups is 2. The fraction of sp³-hybridized carbons (Fsp3) is 0.385. The van der Waals surface area contributed by atoms with Crippen LogP contribution < -0.4 is 0 Å². The number of carboxylic acid groups (broad SMARTS) is 1. The SMILES string of the molecule is O=C1C[C@@H](COCc2ccccc2)N(C(=O)O)C1. The summed E-state index contributed by atoms with van der Waals surface area (Å²) in [6, 6.07) is 9.29. The van der Waals surface area contributed by atoms with Gasteiger partial charge in [-0.25, -0.2) is 4.79 Å². The number of likely N-dealkylation sites (tertiary alicyclic amines) is 1. The quantitative estimate of drug-likeness (QED) is 0.878. The number of ketones is 1. The van der Waals surface area contributed by atoms with Crippen LogP contribution >= 0.6 is 0 Å². The Morgan fingerprint density at radius 1 is 1.39 bits per heavy atom. The predicted octanol–water partition coefficient (Wildman–Crippen LogP) is 1.52. The van der Waals surface area contributed by atoms with Crippen LogP contribution in [0.5, 0.6) is 0 Å². The number of benzene rings is 1. The molecule has 1 N–H and O–H groups in total. The molecule has 1 aromatic carbocycles. The summed E-state index contributed by atoms with van der Waals surface area (Å²) in [7, 11) is 0. The van der Waals surface area contributed by atoms with E-state index in [-0.39, 0.29) is 31.4 Å². The highest BCUT2D eigenvalue weighted by molar-refractivity contribution is 5.87. The van der Waals surface area contributed by atoms with E-state index in [0.29, 0.717) is 6.61 Å². The Morgan fingerprint density at radius 2 is 2.11 bits per heavy atom. The molecule has 1 saturated heterocycles. The Hall–Kier alpha value is -1.88. The number of ether oxygens (including phenoxy) is 1. The second-order valence-electron chi connectivity index (χ2n) is 4.31. The van der Waals surface area contributed by atoms with Crippen LogP contribution in [0.3, 0.4) is 0 Å². The third-order valence-electron chi connectivity index (χ3n) is 2.92. The summed E-state index contributed by atoms with van der Waals surface area (Å²) >= 11 is 0. The molecule has 1 aliphatic heterocycles. The van der Waals surface area contributed by atoms with Gasteiger partial charge in [0.05, 0.1) is 25.8 Å². The molecular weight excluding hydrogens is 234 g/mol. The number of amides is 1. The van der Waals surface area contributed by atoms with E-state index in [0.717, 1.165) is 10.5 Å². The summed E-state index contributed by atoms with van der Waals surface area (Å²) in [5, 5.41) is 8.94. The van der Waals surface area contributed by atoms with E-state index in [9.17, 15) is 9.59 Å². The van der Waals surface area contributed by atoms with Gasteiger partial charge in [0.2, 0.25) is 0 Å². The maximum atomic E-state index is 11.2. The van der Waals surface area contributed by atoms with Crippen LogP contribution in [0.15, 0.2) is 30.3 Å². The standard InChI is InChI=1S/C13H15NO4/c15-12-6-11(14(7-12)13(16)17)9-18-8-10-4-2-1-3-5-10/h1-5,11H,6-9H2,(H,16,17)/t11-/m0/s1. The predicted molar refractivity (Wildman–Crippen MR) is 64.2 cm³/mol. The average molecular weight is 249 g/mol. The molecule has 1 atom stereocenters. The molecule has 1 aliphatic rings. The van der Waals surface area contributed by atoms with Crippen LogP contribution in [0.1, 0.15) is 12.0 Å². The molecule has 0 saturated carbocycles. The summed E-state index contributed by atoms with van der Waals surface area (Å²) in [4.78, 5) is 23.3. The lowest BCUT2D eigenvalue weighted by atomic mass is 10.2. The van der Waals surface area contributed by atoms with Gasteiger partial charge < -0.3 is 9.84 Å². The second-order valence-corrected chi connectivity index (χ2v) is 4.31. The van der Waals surface area contributed by atoms with Gasteiger partial charge >= 0.3 is 6.09 Å². The zero-order valence-corrected chi connectivity index (χ0v) is 9.91. The summed E-state index contributed by atoms with van der Waals surface area (Å²) in [6.07, 6.45) is -0.810. The minimum absolute atomic E-state index is 0.0191. The van der Waals surface area contributed by atoms with Crippen molar-refractivity contribution < 1.29 is 19.4 Å². The average Bonchev–Trinajstić information content (AvgIpc) is 2.72. The van der Waals surface area contributed by atoms with Crippen molar-refractivity contribution in [3.63, 3.8) is 0 Å².